The maximum atomic E-state index is 11.0. The predicted molar refractivity (Wildman–Crippen MR) is 108 cm³/mol. The summed E-state index contributed by atoms with van der Waals surface area (Å²) < 4.78 is 1.24. The SMILES string of the molecule is CC(c1cccc([N+](=O)[O-])c1)N1CCN(Cc2nc3ccccc3s2)CC1. The van der Waals surface area contributed by atoms with E-state index in [1.54, 1.807) is 29.5 Å². The smallest absolute Gasteiger partial charge is 0.269 e. The van der Waals surface area contributed by atoms with Gasteiger partial charge in [-0.05, 0) is 24.6 Å². The lowest BCUT2D eigenvalue weighted by Gasteiger charge is -2.37. The predicted octanol–water partition coefficient (Wildman–Crippen LogP) is 4.08. The second-order valence-electron chi connectivity index (χ2n) is 6.92. The number of hydrogen-bond acceptors (Lipinski definition) is 6. The summed E-state index contributed by atoms with van der Waals surface area (Å²) in [5.41, 5.74) is 2.24. The zero-order valence-corrected chi connectivity index (χ0v) is 16.1. The molecule has 1 aromatic heterocycles. The summed E-state index contributed by atoms with van der Waals surface area (Å²) in [6.45, 7) is 6.88. The van der Waals surface area contributed by atoms with Crippen LogP contribution in [-0.2, 0) is 6.54 Å². The van der Waals surface area contributed by atoms with Gasteiger partial charge in [0.05, 0.1) is 21.7 Å². The van der Waals surface area contributed by atoms with Crippen LogP contribution in [0.2, 0.25) is 0 Å². The highest BCUT2D eigenvalue weighted by molar-refractivity contribution is 7.18. The van der Waals surface area contributed by atoms with Crippen molar-refractivity contribution in [3.05, 3.63) is 69.2 Å². The highest BCUT2D eigenvalue weighted by Gasteiger charge is 2.23. The van der Waals surface area contributed by atoms with Gasteiger partial charge >= 0.3 is 0 Å². The number of nitrogens with zero attached hydrogens (tertiary/aromatic N) is 4. The number of piperazine rings is 1. The second-order valence-corrected chi connectivity index (χ2v) is 8.03. The minimum absolute atomic E-state index is 0.161. The average Bonchev–Trinajstić information content (AvgIpc) is 3.10. The number of hydrogen-bond donors (Lipinski definition) is 0. The number of fused-ring (bicyclic) bond motifs is 1. The summed E-state index contributed by atoms with van der Waals surface area (Å²) in [5, 5.41) is 12.2. The van der Waals surface area contributed by atoms with E-state index in [1.165, 1.54) is 4.70 Å². The molecular weight excluding hydrogens is 360 g/mol. The summed E-state index contributed by atoms with van der Waals surface area (Å²) in [5.74, 6) is 0. The third-order valence-corrected chi connectivity index (χ3v) is 6.24. The lowest BCUT2D eigenvalue weighted by Crippen LogP contribution is -2.46. The number of non-ortho nitro benzene ring substituents is 1. The number of nitro benzene ring substituents is 1. The molecule has 0 saturated carbocycles. The Morgan fingerprint density at radius 1 is 1.15 bits per heavy atom. The van der Waals surface area contributed by atoms with Crippen LogP contribution in [0.5, 0.6) is 0 Å². The number of rotatable bonds is 5. The van der Waals surface area contributed by atoms with Gasteiger partial charge in [0.1, 0.15) is 5.01 Å². The molecule has 0 aliphatic carbocycles. The van der Waals surface area contributed by atoms with Crippen LogP contribution in [0.25, 0.3) is 10.2 Å². The normalized spacial score (nSPS) is 17.2. The first kappa shape index (κ1) is 18.0. The van der Waals surface area contributed by atoms with Crippen LogP contribution in [0.3, 0.4) is 0 Å². The molecule has 0 N–H and O–H groups in total. The molecule has 0 amide bonds. The van der Waals surface area contributed by atoms with E-state index >= 15 is 0 Å². The van der Waals surface area contributed by atoms with E-state index in [1.807, 2.05) is 12.1 Å². The Balaban J connectivity index is 1.37. The molecule has 6 nitrogen and oxygen atoms in total. The van der Waals surface area contributed by atoms with Crippen LogP contribution in [0.1, 0.15) is 23.5 Å². The first-order valence-electron chi connectivity index (χ1n) is 9.15. The molecular formula is C20H22N4O2S. The highest BCUT2D eigenvalue weighted by Crippen LogP contribution is 2.26. The molecule has 7 heteroatoms. The fourth-order valence-corrected chi connectivity index (χ4v) is 4.61. The van der Waals surface area contributed by atoms with E-state index in [0.717, 1.165) is 48.8 Å². The van der Waals surface area contributed by atoms with E-state index < -0.39 is 0 Å². The van der Waals surface area contributed by atoms with E-state index in [9.17, 15) is 10.1 Å². The third kappa shape index (κ3) is 4.00. The maximum absolute atomic E-state index is 11.0. The molecule has 1 aliphatic heterocycles. The van der Waals surface area contributed by atoms with Crippen LogP contribution in [0.4, 0.5) is 5.69 Å². The van der Waals surface area contributed by atoms with Crippen LogP contribution in [-0.4, -0.2) is 45.9 Å². The van der Waals surface area contributed by atoms with Crippen molar-refractivity contribution in [2.45, 2.75) is 19.5 Å². The van der Waals surface area contributed by atoms with Crippen LogP contribution >= 0.6 is 11.3 Å². The molecule has 140 valence electrons. The van der Waals surface area contributed by atoms with Crippen molar-refractivity contribution >= 4 is 27.2 Å². The van der Waals surface area contributed by atoms with Gasteiger partial charge in [0.2, 0.25) is 0 Å². The molecule has 4 rings (SSSR count). The minimum atomic E-state index is -0.327. The Morgan fingerprint density at radius 2 is 1.93 bits per heavy atom. The highest BCUT2D eigenvalue weighted by atomic mass is 32.1. The molecule has 0 bridgehead atoms. The van der Waals surface area contributed by atoms with Crippen molar-refractivity contribution < 1.29 is 4.92 Å². The topological polar surface area (TPSA) is 62.5 Å². The van der Waals surface area contributed by atoms with Crippen molar-refractivity contribution in [1.82, 2.24) is 14.8 Å². The van der Waals surface area contributed by atoms with Gasteiger partial charge < -0.3 is 0 Å². The molecule has 1 aliphatic rings. The fourth-order valence-electron chi connectivity index (χ4n) is 3.60. The zero-order valence-electron chi connectivity index (χ0n) is 15.2. The molecule has 2 aromatic carbocycles. The summed E-state index contributed by atoms with van der Waals surface area (Å²) >= 11 is 1.77. The van der Waals surface area contributed by atoms with Gasteiger partial charge in [0, 0.05) is 44.4 Å². The third-order valence-electron chi connectivity index (χ3n) is 5.22. The van der Waals surface area contributed by atoms with Crippen molar-refractivity contribution in [3.63, 3.8) is 0 Å². The Kier molecular flexibility index (Phi) is 5.15. The Labute approximate surface area is 162 Å². The Hall–Kier alpha value is -2.35. The van der Waals surface area contributed by atoms with Crippen LogP contribution < -0.4 is 0 Å². The monoisotopic (exact) mass is 382 g/mol. The number of nitro groups is 1. The number of benzene rings is 2. The minimum Gasteiger partial charge on any atom is -0.294 e. The van der Waals surface area contributed by atoms with Gasteiger partial charge in [-0.3, -0.25) is 19.9 Å². The summed E-state index contributed by atoms with van der Waals surface area (Å²) in [4.78, 5) is 20.3. The summed E-state index contributed by atoms with van der Waals surface area (Å²) in [6.07, 6.45) is 0. The van der Waals surface area contributed by atoms with E-state index in [0.29, 0.717) is 0 Å². The average molecular weight is 382 g/mol. The van der Waals surface area contributed by atoms with Crippen LogP contribution in [0, 0.1) is 10.1 Å². The first-order chi connectivity index (χ1) is 13.1. The van der Waals surface area contributed by atoms with Crippen molar-refractivity contribution in [3.8, 4) is 0 Å². The molecule has 0 spiro atoms. The van der Waals surface area contributed by atoms with Gasteiger partial charge in [-0.1, -0.05) is 24.3 Å². The van der Waals surface area contributed by atoms with Crippen molar-refractivity contribution in [2.24, 2.45) is 0 Å². The lowest BCUT2D eigenvalue weighted by molar-refractivity contribution is -0.385. The fraction of sp³-hybridized carbons (Fsp3) is 0.350. The molecule has 1 unspecified atom stereocenters. The van der Waals surface area contributed by atoms with Gasteiger partial charge in [0.15, 0.2) is 0 Å². The van der Waals surface area contributed by atoms with Gasteiger partial charge in [0.25, 0.3) is 5.69 Å². The molecule has 0 radical (unpaired) electrons. The summed E-state index contributed by atoms with van der Waals surface area (Å²) in [7, 11) is 0. The Bertz CT molecular complexity index is 917. The number of para-hydroxylation sites is 1. The molecule has 27 heavy (non-hydrogen) atoms. The maximum Gasteiger partial charge on any atom is 0.269 e. The van der Waals surface area contributed by atoms with Gasteiger partial charge in [-0.15, -0.1) is 11.3 Å². The number of aromatic nitrogens is 1. The first-order valence-corrected chi connectivity index (χ1v) is 9.97. The lowest BCUT2D eigenvalue weighted by atomic mass is 10.1. The van der Waals surface area contributed by atoms with E-state index in [4.69, 9.17) is 4.98 Å². The molecule has 1 saturated heterocycles. The quantitative estimate of drug-likeness (QED) is 0.491. The van der Waals surface area contributed by atoms with E-state index in [2.05, 4.69) is 34.9 Å². The van der Waals surface area contributed by atoms with E-state index in [-0.39, 0.29) is 16.7 Å². The largest absolute Gasteiger partial charge is 0.294 e. The molecule has 3 aromatic rings. The zero-order chi connectivity index (χ0) is 18.8. The summed E-state index contributed by atoms with van der Waals surface area (Å²) in [6, 6.07) is 15.4. The van der Waals surface area contributed by atoms with Gasteiger partial charge in [-0.25, -0.2) is 4.98 Å². The molecule has 1 fully saturated rings. The van der Waals surface area contributed by atoms with Crippen molar-refractivity contribution in [2.75, 3.05) is 26.2 Å². The van der Waals surface area contributed by atoms with Crippen LogP contribution in [0.15, 0.2) is 48.5 Å². The van der Waals surface area contributed by atoms with Gasteiger partial charge in [-0.2, -0.15) is 0 Å². The molecule has 1 atom stereocenters. The standard InChI is InChI=1S/C20H22N4O2S/c1-15(16-5-4-6-17(13-16)24(25)26)23-11-9-22(10-12-23)14-20-21-18-7-2-3-8-19(18)27-20/h2-8,13,15H,9-12,14H2,1H3. The van der Waals surface area contributed by atoms with Crippen molar-refractivity contribution in [1.29, 1.82) is 0 Å². The molecule has 2 heterocycles. The second kappa shape index (κ2) is 7.72. The number of thiazole rings is 1. The Morgan fingerprint density at radius 3 is 2.67 bits per heavy atom.